The first kappa shape index (κ1) is 13.1. The van der Waals surface area contributed by atoms with Crippen LogP contribution >= 0.6 is 0 Å². The van der Waals surface area contributed by atoms with E-state index >= 15 is 0 Å². The van der Waals surface area contributed by atoms with Crippen LogP contribution < -0.4 is 0 Å². The van der Waals surface area contributed by atoms with Gasteiger partial charge in [0.25, 0.3) is 0 Å². The normalized spacial score (nSPS) is 12.3. The molecular weight excluding hydrogens is 222 g/mol. The van der Waals surface area contributed by atoms with Crippen molar-refractivity contribution in [3.8, 4) is 0 Å². The van der Waals surface area contributed by atoms with Crippen molar-refractivity contribution < 1.29 is 0 Å². The highest BCUT2D eigenvalue weighted by Gasteiger charge is 2.20. The predicted molar refractivity (Wildman–Crippen MR) is 76.2 cm³/mol. The van der Waals surface area contributed by atoms with E-state index in [1.165, 1.54) is 16.6 Å². The molecule has 2 heterocycles. The van der Waals surface area contributed by atoms with Crippen LogP contribution in [0.25, 0.3) is 10.9 Å². The average Bonchev–Trinajstić information content (AvgIpc) is 2.73. The lowest BCUT2D eigenvalue weighted by Gasteiger charge is -2.19. The van der Waals surface area contributed by atoms with Crippen molar-refractivity contribution in [2.24, 2.45) is 0 Å². The summed E-state index contributed by atoms with van der Waals surface area (Å²) in [7, 11) is 0. The highest BCUT2D eigenvalue weighted by Crippen LogP contribution is 2.34. The van der Waals surface area contributed by atoms with Gasteiger partial charge in [-0.1, -0.05) is 41.5 Å². The van der Waals surface area contributed by atoms with Gasteiger partial charge in [-0.15, -0.1) is 0 Å². The van der Waals surface area contributed by atoms with Crippen LogP contribution in [0.4, 0.5) is 0 Å². The number of nitrogens with zero attached hydrogens (tertiary/aromatic N) is 2. The van der Waals surface area contributed by atoms with Crippen molar-refractivity contribution in [1.29, 1.82) is 0 Å². The number of fused-ring (bicyclic) bond motifs is 1. The Labute approximate surface area is 109 Å². The summed E-state index contributed by atoms with van der Waals surface area (Å²) in [6.45, 7) is 13.2. The molecule has 0 aliphatic rings. The molecule has 0 radical (unpaired) electrons. The van der Waals surface area contributed by atoms with Gasteiger partial charge >= 0.3 is 0 Å². The number of pyridine rings is 1. The van der Waals surface area contributed by atoms with Gasteiger partial charge in [0, 0.05) is 11.1 Å². The lowest BCUT2D eigenvalue weighted by molar-refractivity contribution is 0.736. The topological polar surface area (TPSA) is 41.6 Å². The first-order chi connectivity index (χ1) is 8.43. The Morgan fingerprint density at radius 3 is 2.00 bits per heavy atom. The van der Waals surface area contributed by atoms with Crippen LogP contribution in [-0.4, -0.2) is 15.2 Å². The maximum absolute atomic E-state index is 4.92. The van der Waals surface area contributed by atoms with Crippen molar-refractivity contribution in [1.82, 2.24) is 15.2 Å². The van der Waals surface area contributed by atoms with E-state index < -0.39 is 0 Å². The van der Waals surface area contributed by atoms with E-state index in [9.17, 15) is 0 Å². The molecule has 3 nitrogen and oxygen atoms in total. The SMILES string of the molecule is CC(C)c1nc(C(C)C)c2[nH]ncc2c1C(C)C. The Morgan fingerprint density at radius 2 is 1.50 bits per heavy atom. The quantitative estimate of drug-likeness (QED) is 0.874. The maximum Gasteiger partial charge on any atom is 0.0871 e. The number of aromatic nitrogens is 3. The fraction of sp³-hybridized carbons (Fsp3) is 0.600. The Morgan fingerprint density at radius 1 is 0.889 bits per heavy atom. The van der Waals surface area contributed by atoms with Crippen LogP contribution in [0, 0.1) is 0 Å². The zero-order valence-corrected chi connectivity index (χ0v) is 12.2. The molecule has 98 valence electrons. The van der Waals surface area contributed by atoms with Gasteiger partial charge in [0.2, 0.25) is 0 Å². The van der Waals surface area contributed by atoms with Crippen molar-refractivity contribution >= 4 is 10.9 Å². The van der Waals surface area contributed by atoms with Gasteiger partial charge in [-0.3, -0.25) is 10.1 Å². The molecule has 3 heteroatoms. The Balaban J connectivity index is 2.84. The number of H-pyrrole nitrogens is 1. The first-order valence-corrected chi connectivity index (χ1v) is 6.80. The van der Waals surface area contributed by atoms with E-state index in [0.717, 1.165) is 11.2 Å². The molecule has 0 aromatic carbocycles. The highest BCUT2D eigenvalue weighted by atomic mass is 15.1. The Kier molecular flexibility index (Phi) is 3.42. The smallest absolute Gasteiger partial charge is 0.0871 e. The lowest BCUT2D eigenvalue weighted by Crippen LogP contribution is -2.07. The van der Waals surface area contributed by atoms with Gasteiger partial charge in [0.1, 0.15) is 0 Å². The molecule has 0 bridgehead atoms. The van der Waals surface area contributed by atoms with Gasteiger partial charge in [-0.25, -0.2) is 0 Å². The van der Waals surface area contributed by atoms with E-state index in [4.69, 9.17) is 4.98 Å². The predicted octanol–water partition coefficient (Wildman–Crippen LogP) is 4.33. The summed E-state index contributed by atoms with van der Waals surface area (Å²) in [5.74, 6) is 1.32. The monoisotopic (exact) mass is 245 g/mol. The van der Waals surface area contributed by atoms with E-state index in [-0.39, 0.29) is 0 Å². The molecule has 0 spiro atoms. The molecule has 0 unspecified atom stereocenters. The van der Waals surface area contributed by atoms with Crippen LogP contribution in [0.15, 0.2) is 6.20 Å². The minimum absolute atomic E-state index is 0.409. The molecule has 0 saturated carbocycles. The maximum atomic E-state index is 4.92. The minimum Gasteiger partial charge on any atom is -0.276 e. The summed E-state index contributed by atoms with van der Waals surface area (Å²) in [5.41, 5.74) is 4.81. The lowest BCUT2D eigenvalue weighted by atomic mass is 9.91. The van der Waals surface area contributed by atoms with Gasteiger partial charge in [-0.05, 0) is 23.3 Å². The molecule has 1 N–H and O–H groups in total. The zero-order valence-electron chi connectivity index (χ0n) is 12.2. The Hall–Kier alpha value is -1.38. The molecular formula is C15H23N3. The number of hydrogen-bond donors (Lipinski definition) is 1. The van der Waals surface area contributed by atoms with Crippen LogP contribution in [0.5, 0.6) is 0 Å². The molecule has 0 saturated heterocycles. The molecule has 18 heavy (non-hydrogen) atoms. The van der Waals surface area contributed by atoms with E-state index in [1.807, 2.05) is 6.20 Å². The second kappa shape index (κ2) is 4.71. The van der Waals surface area contributed by atoms with Gasteiger partial charge in [0.05, 0.1) is 17.4 Å². The first-order valence-electron chi connectivity index (χ1n) is 6.80. The van der Waals surface area contributed by atoms with Crippen molar-refractivity contribution in [2.75, 3.05) is 0 Å². The Bertz CT molecular complexity index is 550. The number of hydrogen-bond acceptors (Lipinski definition) is 2. The molecule has 2 aromatic heterocycles. The molecule has 0 fully saturated rings. The molecule has 0 atom stereocenters. The summed E-state index contributed by atoms with van der Waals surface area (Å²) >= 11 is 0. The van der Waals surface area contributed by atoms with Crippen molar-refractivity contribution in [3.05, 3.63) is 23.1 Å². The molecule has 2 rings (SSSR count). The summed E-state index contributed by atoms with van der Waals surface area (Å²) in [5, 5.41) is 8.58. The summed E-state index contributed by atoms with van der Waals surface area (Å²) in [6.07, 6.45) is 1.95. The van der Waals surface area contributed by atoms with E-state index in [0.29, 0.717) is 17.8 Å². The van der Waals surface area contributed by atoms with Gasteiger partial charge < -0.3 is 0 Å². The molecule has 0 aliphatic carbocycles. The van der Waals surface area contributed by atoms with Crippen molar-refractivity contribution in [3.63, 3.8) is 0 Å². The average molecular weight is 245 g/mol. The summed E-state index contributed by atoms with van der Waals surface area (Å²) < 4.78 is 0. The zero-order chi connectivity index (χ0) is 13.4. The van der Waals surface area contributed by atoms with E-state index in [2.05, 4.69) is 51.7 Å². The third kappa shape index (κ3) is 2.02. The van der Waals surface area contributed by atoms with E-state index in [1.54, 1.807) is 0 Å². The summed E-state index contributed by atoms with van der Waals surface area (Å²) in [4.78, 5) is 4.92. The summed E-state index contributed by atoms with van der Waals surface area (Å²) in [6, 6.07) is 0. The largest absolute Gasteiger partial charge is 0.276 e. The van der Waals surface area contributed by atoms with Crippen LogP contribution in [-0.2, 0) is 0 Å². The van der Waals surface area contributed by atoms with Crippen LogP contribution in [0.1, 0.15) is 76.2 Å². The fourth-order valence-corrected chi connectivity index (χ4v) is 2.53. The number of aromatic amines is 1. The highest BCUT2D eigenvalue weighted by molar-refractivity contribution is 5.85. The molecule has 2 aromatic rings. The second-order valence-electron chi connectivity index (χ2n) is 5.92. The minimum atomic E-state index is 0.409. The van der Waals surface area contributed by atoms with Gasteiger partial charge in [-0.2, -0.15) is 5.10 Å². The third-order valence-corrected chi connectivity index (χ3v) is 3.37. The third-order valence-electron chi connectivity index (χ3n) is 3.37. The second-order valence-corrected chi connectivity index (χ2v) is 5.92. The fourth-order valence-electron chi connectivity index (χ4n) is 2.53. The standard InChI is InChI=1S/C15H23N3/c1-8(2)12-11-7-16-18-15(11)14(10(5)6)17-13(12)9(3)4/h7-10H,1-6H3,(H,16,18). The number of rotatable bonds is 3. The van der Waals surface area contributed by atoms with Crippen LogP contribution in [0.3, 0.4) is 0 Å². The van der Waals surface area contributed by atoms with Gasteiger partial charge in [0.15, 0.2) is 0 Å². The molecule has 0 aliphatic heterocycles. The van der Waals surface area contributed by atoms with Crippen molar-refractivity contribution in [2.45, 2.75) is 59.3 Å². The molecule has 0 amide bonds. The van der Waals surface area contributed by atoms with Crippen LogP contribution in [0.2, 0.25) is 0 Å². The number of nitrogens with one attached hydrogen (secondary N) is 1.